The SMILES string of the molecule is CC(C)C(N)CC(=O)c1c(Cl)cnn1CCN(C)C. The summed E-state index contributed by atoms with van der Waals surface area (Å²) < 4.78 is 1.66. The highest BCUT2D eigenvalue weighted by molar-refractivity contribution is 6.33. The molecule has 2 N–H and O–H groups in total. The van der Waals surface area contributed by atoms with Crippen LogP contribution in [-0.2, 0) is 6.54 Å². The van der Waals surface area contributed by atoms with E-state index >= 15 is 0 Å². The van der Waals surface area contributed by atoms with Gasteiger partial charge in [0.1, 0.15) is 5.69 Å². The van der Waals surface area contributed by atoms with Gasteiger partial charge in [0.05, 0.1) is 17.8 Å². The van der Waals surface area contributed by atoms with Crippen molar-refractivity contribution in [3.8, 4) is 0 Å². The molecule has 1 rings (SSSR count). The molecule has 0 bridgehead atoms. The largest absolute Gasteiger partial charge is 0.327 e. The van der Waals surface area contributed by atoms with Crippen molar-refractivity contribution in [3.05, 3.63) is 16.9 Å². The molecule has 6 heteroatoms. The van der Waals surface area contributed by atoms with Crippen molar-refractivity contribution in [3.63, 3.8) is 0 Å². The summed E-state index contributed by atoms with van der Waals surface area (Å²) in [6, 6.07) is -0.152. The average Bonchev–Trinajstić information content (AvgIpc) is 2.67. The molecule has 0 spiro atoms. The lowest BCUT2D eigenvalue weighted by Gasteiger charge is -2.16. The number of ketones is 1. The second kappa shape index (κ2) is 7.03. The summed E-state index contributed by atoms with van der Waals surface area (Å²) in [5.74, 6) is 0.225. The van der Waals surface area contributed by atoms with E-state index in [1.807, 2.05) is 32.8 Å². The van der Waals surface area contributed by atoms with Crippen LogP contribution in [0.15, 0.2) is 6.20 Å². The predicted molar refractivity (Wildman–Crippen MR) is 77.6 cm³/mol. The van der Waals surface area contributed by atoms with Gasteiger partial charge in [0, 0.05) is 19.0 Å². The molecular formula is C13H23ClN4O. The molecule has 0 amide bonds. The fourth-order valence-electron chi connectivity index (χ4n) is 1.65. The third-order valence-corrected chi connectivity index (χ3v) is 3.37. The summed E-state index contributed by atoms with van der Waals surface area (Å²) in [5.41, 5.74) is 6.42. The number of nitrogens with two attached hydrogens (primary N) is 1. The molecule has 0 aliphatic carbocycles. The zero-order valence-electron chi connectivity index (χ0n) is 12.1. The molecule has 0 radical (unpaired) electrons. The second-order valence-electron chi connectivity index (χ2n) is 5.40. The van der Waals surface area contributed by atoms with Crippen LogP contribution in [0, 0.1) is 5.92 Å². The van der Waals surface area contributed by atoms with Crippen molar-refractivity contribution in [2.45, 2.75) is 32.9 Å². The predicted octanol–water partition coefficient (Wildman–Crippen LogP) is 1.65. The van der Waals surface area contributed by atoms with Crippen LogP contribution in [0.5, 0.6) is 0 Å². The topological polar surface area (TPSA) is 64.2 Å². The number of carbonyl (C=O) groups excluding carboxylic acids is 1. The minimum Gasteiger partial charge on any atom is -0.327 e. The highest BCUT2D eigenvalue weighted by atomic mass is 35.5. The van der Waals surface area contributed by atoms with Gasteiger partial charge in [-0.25, -0.2) is 0 Å². The normalized spacial score (nSPS) is 13.3. The van der Waals surface area contributed by atoms with Gasteiger partial charge >= 0.3 is 0 Å². The van der Waals surface area contributed by atoms with Gasteiger partial charge < -0.3 is 10.6 Å². The first-order chi connectivity index (χ1) is 8.82. The van der Waals surface area contributed by atoms with Crippen LogP contribution in [0.25, 0.3) is 0 Å². The number of halogens is 1. The monoisotopic (exact) mass is 286 g/mol. The first kappa shape index (κ1) is 16.1. The van der Waals surface area contributed by atoms with E-state index in [9.17, 15) is 4.79 Å². The molecule has 0 aliphatic rings. The van der Waals surface area contributed by atoms with Crippen LogP contribution >= 0.6 is 11.6 Å². The van der Waals surface area contributed by atoms with Crippen molar-refractivity contribution in [1.29, 1.82) is 0 Å². The van der Waals surface area contributed by atoms with E-state index in [0.29, 0.717) is 23.7 Å². The summed E-state index contributed by atoms with van der Waals surface area (Å²) in [5, 5.41) is 4.56. The Hall–Kier alpha value is -0.910. The zero-order valence-corrected chi connectivity index (χ0v) is 12.8. The Morgan fingerprint density at radius 2 is 2.16 bits per heavy atom. The smallest absolute Gasteiger partial charge is 0.183 e. The molecule has 108 valence electrons. The zero-order chi connectivity index (χ0) is 14.6. The number of rotatable bonds is 7. The maximum atomic E-state index is 12.3. The van der Waals surface area contributed by atoms with Crippen LogP contribution < -0.4 is 5.73 Å². The van der Waals surface area contributed by atoms with Gasteiger partial charge in [-0.3, -0.25) is 9.48 Å². The van der Waals surface area contributed by atoms with Gasteiger partial charge in [0.25, 0.3) is 0 Å². The Kier molecular flexibility index (Phi) is 5.97. The lowest BCUT2D eigenvalue weighted by molar-refractivity contribution is 0.0956. The van der Waals surface area contributed by atoms with E-state index in [2.05, 4.69) is 5.10 Å². The molecule has 0 aromatic carbocycles. The van der Waals surface area contributed by atoms with E-state index in [1.54, 1.807) is 4.68 Å². The minimum absolute atomic E-state index is 0.0394. The van der Waals surface area contributed by atoms with E-state index < -0.39 is 0 Å². The van der Waals surface area contributed by atoms with Gasteiger partial charge in [0.2, 0.25) is 0 Å². The lowest BCUT2D eigenvalue weighted by atomic mass is 9.98. The number of Topliss-reactive ketones (excluding diaryl/α,β-unsaturated/α-hetero) is 1. The van der Waals surface area contributed by atoms with Gasteiger partial charge in [0.15, 0.2) is 5.78 Å². The second-order valence-corrected chi connectivity index (χ2v) is 5.81. The summed E-state index contributed by atoms with van der Waals surface area (Å²) in [7, 11) is 3.95. The van der Waals surface area contributed by atoms with E-state index in [-0.39, 0.29) is 17.7 Å². The van der Waals surface area contributed by atoms with Gasteiger partial charge in [-0.2, -0.15) is 5.10 Å². The molecule has 0 fully saturated rings. The Labute approximate surface area is 119 Å². The van der Waals surface area contributed by atoms with E-state index in [0.717, 1.165) is 6.54 Å². The molecule has 5 nitrogen and oxygen atoms in total. The standard InChI is InChI=1S/C13H23ClN4O/c1-9(2)11(15)7-12(19)13-10(14)8-16-18(13)6-5-17(3)4/h8-9,11H,5-7,15H2,1-4H3. The number of hydrogen-bond acceptors (Lipinski definition) is 4. The summed E-state index contributed by atoms with van der Waals surface area (Å²) >= 11 is 6.06. The number of hydrogen-bond donors (Lipinski definition) is 1. The molecule has 0 saturated heterocycles. The summed E-state index contributed by atoms with van der Waals surface area (Å²) in [6.45, 7) is 5.44. The lowest BCUT2D eigenvalue weighted by Crippen LogP contribution is -2.30. The van der Waals surface area contributed by atoms with Crippen LogP contribution in [-0.4, -0.2) is 47.1 Å². The highest BCUT2D eigenvalue weighted by Crippen LogP contribution is 2.18. The van der Waals surface area contributed by atoms with Gasteiger partial charge in [-0.15, -0.1) is 0 Å². The molecule has 0 saturated carbocycles. The van der Waals surface area contributed by atoms with Crippen LogP contribution in [0.4, 0.5) is 0 Å². The molecule has 1 atom stereocenters. The first-order valence-electron chi connectivity index (χ1n) is 6.47. The molecule has 1 aromatic rings. The van der Waals surface area contributed by atoms with E-state index in [4.69, 9.17) is 17.3 Å². The maximum absolute atomic E-state index is 12.3. The fourth-order valence-corrected chi connectivity index (χ4v) is 1.90. The Morgan fingerprint density at radius 1 is 1.53 bits per heavy atom. The Morgan fingerprint density at radius 3 is 2.68 bits per heavy atom. The van der Waals surface area contributed by atoms with Crippen molar-refractivity contribution >= 4 is 17.4 Å². The van der Waals surface area contributed by atoms with Crippen LogP contribution in [0.3, 0.4) is 0 Å². The molecule has 0 aliphatic heterocycles. The quantitative estimate of drug-likeness (QED) is 0.774. The Balaban J connectivity index is 2.81. The third-order valence-electron chi connectivity index (χ3n) is 3.10. The molecular weight excluding hydrogens is 264 g/mol. The summed E-state index contributed by atoms with van der Waals surface area (Å²) in [4.78, 5) is 14.3. The fraction of sp³-hybridized carbons (Fsp3) is 0.692. The first-order valence-corrected chi connectivity index (χ1v) is 6.85. The maximum Gasteiger partial charge on any atom is 0.183 e. The molecule has 1 aromatic heterocycles. The van der Waals surface area contributed by atoms with Gasteiger partial charge in [-0.05, 0) is 20.0 Å². The molecule has 19 heavy (non-hydrogen) atoms. The third kappa shape index (κ3) is 4.60. The summed E-state index contributed by atoms with van der Waals surface area (Å²) in [6.07, 6.45) is 1.82. The van der Waals surface area contributed by atoms with Crippen molar-refractivity contribution in [2.75, 3.05) is 20.6 Å². The van der Waals surface area contributed by atoms with E-state index in [1.165, 1.54) is 6.20 Å². The minimum atomic E-state index is -0.152. The van der Waals surface area contributed by atoms with Crippen molar-refractivity contribution < 1.29 is 4.79 Å². The molecule has 1 unspecified atom stereocenters. The average molecular weight is 287 g/mol. The van der Waals surface area contributed by atoms with Crippen LogP contribution in [0.2, 0.25) is 5.02 Å². The number of aromatic nitrogens is 2. The highest BCUT2D eigenvalue weighted by Gasteiger charge is 2.21. The van der Waals surface area contributed by atoms with Crippen molar-refractivity contribution in [1.82, 2.24) is 14.7 Å². The van der Waals surface area contributed by atoms with Crippen LogP contribution in [0.1, 0.15) is 30.8 Å². The number of nitrogens with zero attached hydrogens (tertiary/aromatic N) is 3. The Bertz CT molecular complexity index is 428. The van der Waals surface area contributed by atoms with Gasteiger partial charge in [-0.1, -0.05) is 25.4 Å². The van der Waals surface area contributed by atoms with Crippen molar-refractivity contribution in [2.24, 2.45) is 11.7 Å². The molecule has 1 heterocycles. The number of likely N-dealkylation sites (N-methyl/N-ethyl adjacent to an activating group) is 1. The number of carbonyl (C=O) groups is 1.